The van der Waals surface area contributed by atoms with E-state index in [4.69, 9.17) is 4.74 Å². The third kappa shape index (κ3) is 5.13. The maximum absolute atomic E-state index is 5.04. The van der Waals surface area contributed by atoms with Crippen LogP contribution in [0.1, 0.15) is 13.3 Å². The number of hydrogen-bond donors (Lipinski definition) is 2. The number of rotatable bonds is 8. The van der Waals surface area contributed by atoms with E-state index in [1.807, 2.05) is 6.92 Å². The van der Waals surface area contributed by atoms with E-state index in [1.54, 1.807) is 7.11 Å². The van der Waals surface area contributed by atoms with Crippen LogP contribution in [0.25, 0.3) is 0 Å². The molecule has 2 N–H and O–H groups in total. The van der Waals surface area contributed by atoms with E-state index >= 15 is 0 Å². The normalized spacial score (nSPS) is 10.5. The van der Waals surface area contributed by atoms with Crippen LogP contribution in [-0.2, 0) is 0 Å². The van der Waals surface area contributed by atoms with Gasteiger partial charge in [0.2, 0.25) is 11.9 Å². The maximum Gasteiger partial charge on any atom is 0.322 e. The van der Waals surface area contributed by atoms with Gasteiger partial charge in [-0.1, -0.05) is 0 Å². The largest absolute Gasteiger partial charge is 0.467 e. The monoisotopic (exact) mass is 254 g/mol. The topological polar surface area (TPSA) is 75.2 Å². The molecule has 18 heavy (non-hydrogen) atoms. The van der Waals surface area contributed by atoms with Crippen molar-refractivity contribution in [2.24, 2.45) is 0 Å². The van der Waals surface area contributed by atoms with Gasteiger partial charge in [0.25, 0.3) is 0 Å². The van der Waals surface area contributed by atoms with E-state index in [0.717, 1.165) is 26.1 Å². The third-order valence-electron chi connectivity index (χ3n) is 2.20. The van der Waals surface area contributed by atoms with Crippen molar-refractivity contribution in [2.75, 3.05) is 51.5 Å². The van der Waals surface area contributed by atoms with Gasteiger partial charge >= 0.3 is 6.01 Å². The molecular formula is C11H22N6O. The minimum absolute atomic E-state index is 0.316. The molecule has 7 heteroatoms. The van der Waals surface area contributed by atoms with Crippen LogP contribution in [0.4, 0.5) is 11.9 Å². The Bertz CT molecular complexity index is 357. The zero-order chi connectivity index (χ0) is 13.4. The van der Waals surface area contributed by atoms with E-state index in [1.165, 1.54) is 0 Å². The summed E-state index contributed by atoms with van der Waals surface area (Å²) in [6, 6.07) is 0.316. The summed E-state index contributed by atoms with van der Waals surface area (Å²) in [5, 5.41) is 6.21. The Balaban J connectivity index is 2.55. The van der Waals surface area contributed by atoms with Gasteiger partial charge in [0, 0.05) is 13.1 Å². The van der Waals surface area contributed by atoms with Crippen LogP contribution in [0.3, 0.4) is 0 Å². The van der Waals surface area contributed by atoms with E-state index in [2.05, 4.69) is 44.6 Å². The minimum Gasteiger partial charge on any atom is -0.467 e. The Morgan fingerprint density at radius 2 is 1.78 bits per heavy atom. The Hall–Kier alpha value is -1.63. The molecule has 0 fully saturated rings. The highest BCUT2D eigenvalue weighted by Crippen LogP contribution is 2.10. The van der Waals surface area contributed by atoms with Gasteiger partial charge in [-0.15, -0.1) is 0 Å². The summed E-state index contributed by atoms with van der Waals surface area (Å²) in [6.07, 6.45) is 1.03. The lowest BCUT2D eigenvalue weighted by atomic mass is 10.4. The molecule has 1 rings (SSSR count). The number of methoxy groups -OCH3 is 1. The maximum atomic E-state index is 5.04. The van der Waals surface area contributed by atoms with E-state index < -0.39 is 0 Å². The number of aromatic nitrogens is 3. The van der Waals surface area contributed by atoms with Crippen LogP contribution in [0, 0.1) is 0 Å². The molecule has 0 radical (unpaired) electrons. The summed E-state index contributed by atoms with van der Waals surface area (Å²) >= 11 is 0. The molecular weight excluding hydrogens is 232 g/mol. The third-order valence-corrected chi connectivity index (χ3v) is 2.20. The number of anilines is 2. The highest BCUT2D eigenvalue weighted by molar-refractivity contribution is 5.35. The average molecular weight is 254 g/mol. The summed E-state index contributed by atoms with van der Waals surface area (Å²) in [6.45, 7) is 4.58. The first-order chi connectivity index (χ1) is 8.65. The predicted molar refractivity (Wildman–Crippen MR) is 72.2 cm³/mol. The number of hydrogen-bond acceptors (Lipinski definition) is 7. The SMILES string of the molecule is CCNc1nc(NCCCN(C)C)nc(OC)n1. The predicted octanol–water partition coefficient (Wildman–Crippen LogP) is 0.676. The first-order valence-corrected chi connectivity index (χ1v) is 6.08. The first-order valence-electron chi connectivity index (χ1n) is 6.08. The number of nitrogens with zero attached hydrogens (tertiary/aromatic N) is 4. The van der Waals surface area contributed by atoms with Crippen molar-refractivity contribution < 1.29 is 4.74 Å². The van der Waals surface area contributed by atoms with Crippen molar-refractivity contribution in [3.8, 4) is 6.01 Å². The fourth-order valence-electron chi connectivity index (χ4n) is 1.36. The molecule has 0 bridgehead atoms. The van der Waals surface area contributed by atoms with E-state index in [-0.39, 0.29) is 0 Å². The van der Waals surface area contributed by atoms with Gasteiger partial charge in [0.15, 0.2) is 0 Å². The molecule has 0 spiro atoms. The molecule has 0 aliphatic carbocycles. The number of nitrogens with one attached hydrogen (secondary N) is 2. The molecule has 1 aromatic heterocycles. The quantitative estimate of drug-likeness (QED) is 0.660. The lowest BCUT2D eigenvalue weighted by Gasteiger charge is -2.11. The Morgan fingerprint density at radius 3 is 2.33 bits per heavy atom. The summed E-state index contributed by atoms with van der Waals surface area (Å²) in [4.78, 5) is 14.6. The lowest BCUT2D eigenvalue weighted by molar-refractivity contribution is 0.379. The molecule has 0 amide bonds. The average Bonchev–Trinajstić information content (AvgIpc) is 2.34. The standard InChI is InChI=1S/C11H22N6O/c1-5-12-9-14-10(16-11(15-9)18-4)13-7-6-8-17(2)3/h5-8H2,1-4H3,(H2,12,13,14,15,16). The Morgan fingerprint density at radius 1 is 1.11 bits per heavy atom. The molecule has 0 saturated heterocycles. The van der Waals surface area contributed by atoms with Crippen LogP contribution < -0.4 is 15.4 Å². The summed E-state index contributed by atoms with van der Waals surface area (Å²) < 4.78 is 5.04. The highest BCUT2D eigenvalue weighted by Gasteiger charge is 2.05. The van der Waals surface area contributed by atoms with Gasteiger partial charge in [-0.05, 0) is 34.0 Å². The summed E-state index contributed by atoms with van der Waals surface area (Å²) in [7, 11) is 5.64. The summed E-state index contributed by atoms with van der Waals surface area (Å²) in [5.41, 5.74) is 0. The second-order valence-electron chi connectivity index (χ2n) is 4.08. The van der Waals surface area contributed by atoms with Gasteiger partial charge < -0.3 is 20.3 Å². The minimum atomic E-state index is 0.316. The molecule has 1 heterocycles. The van der Waals surface area contributed by atoms with Gasteiger partial charge in [-0.3, -0.25) is 0 Å². The molecule has 102 valence electrons. The lowest BCUT2D eigenvalue weighted by Crippen LogP contribution is -2.17. The molecule has 7 nitrogen and oxygen atoms in total. The molecule has 0 atom stereocenters. The van der Waals surface area contributed by atoms with Crippen LogP contribution in [0.2, 0.25) is 0 Å². The van der Waals surface area contributed by atoms with Crippen molar-refractivity contribution in [3.05, 3.63) is 0 Å². The van der Waals surface area contributed by atoms with Gasteiger partial charge in [0.1, 0.15) is 0 Å². The zero-order valence-corrected chi connectivity index (χ0v) is 11.5. The molecule has 0 unspecified atom stereocenters. The van der Waals surface area contributed by atoms with Crippen molar-refractivity contribution >= 4 is 11.9 Å². The first kappa shape index (κ1) is 14.4. The van der Waals surface area contributed by atoms with E-state index in [9.17, 15) is 0 Å². The van der Waals surface area contributed by atoms with Crippen LogP contribution >= 0.6 is 0 Å². The Labute approximate surface area is 108 Å². The van der Waals surface area contributed by atoms with Crippen LogP contribution in [0.15, 0.2) is 0 Å². The summed E-state index contributed by atoms with van der Waals surface area (Å²) in [5.74, 6) is 1.07. The fraction of sp³-hybridized carbons (Fsp3) is 0.727. The zero-order valence-electron chi connectivity index (χ0n) is 11.5. The molecule has 1 aromatic rings. The van der Waals surface area contributed by atoms with Crippen LogP contribution in [0.5, 0.6) is 6.01 Å². The van der Waals surface area contributed by atoms with Gasteiger partial charge in [0.05, 0.1) is 7.11 Å². The molecule has 0 aliphatic rings. The number of ether oxygens (including phenoxy) is 1. The Kier molecular flexibility index (Phi) is 6.13. The van der Waals surface area contributed by atoms with E-state index in [0.29, 0.717) is 17.9 Å². The highest BCUT2D eigenvalue weighted by atomic mass is 16.5. The van der Waals surface area contributed by atoms with Gasteiger partial charge in [-0.25, -0.2) is 0 Å². The molecule has 0 aliphatic heterocycles. The van der Waals surface area contributed by atoms with Crippen molar-refractivity contribution in [1.29, 1.82) is 0 Å². The second-order valence-corrected chi connectivity index (χ2v) is 4.08. The van der Waals surface area contributed by atoms with Crippen molar-refractivity contribution in [1.82, 2.24) is 19.9 Å². The fourth-order valence-corrected chi connectivity index (χ4v) is 1.36. The second kappa shape index (κ2) is 7.65. The smallest absolute Gasteiger partial charge is 0.322 e. The molecule has 0 aromatic carbocycles. The molecule has 0 saturated carbocycles. The van der Waals surface area contributed by atoms with Crippen LogP contribution in [-0.4, -0.2) is 60.7 Å². The van der Waals surface area contributed by atoms with Crippen molar-refractivity contribution in [3.63, 3.8) is 0 Å². The van der Waals surface area contributed by atoms with Gasteiger partial charge in [-0.2, -0.15) is 15.0 Å². The van der Waals surface area contributed by atoms with Crippen molar-refractivity contribution in [2.45, 2.75) is 13.3 Å².